The highest BCUT2D eigenvalue weighted by Gasteiger charge is 2.38. The molecule has 1 aliphatic heterocycles. The highest BCUT2D eigenvalue weighted by Crippen LogP contribution is 2.42. The molecule has 2 aliphatic rings. The maximum Gasteiger partial charge on any atom is 0.224 e. The molecular formula is C15H21ClN3O3S-. The highest BCUT2D eigenvalue weighted by atomic mass is 35.5. The first kappa shape index (κ1) is 17.1. The molecule has 1 aromatic rings. The minimum absolute atomic E-state index is 0.0957. The fraction of sp³-hybridized carbons (Fsp3) is 0.733. The fourth-order valence-electron chi connectivity index (χ4n) is 3.64. The van der Waals surface area contributed by atoms with E-state index in [1.54, 1.807) is 0 Å². The Morgan fingerprint density at radius 2 is 2.22 bits per heavy atom. The van der Waals surface area contributed by atoms with Crippen molar-refractivity contribution in [3.63, 3.8) is 0 Å². The third kappa shape index (κ3) is 3.68. The third-order valence-corrected chi connectivity index (χ3v) is 5.80. The molecule has 0 bridgehead atoms. The molecule has 1 saturated carbocycles. The van der Waals surface area contributed by atoms with Crippen LogP contribution in [0.25, 0.3) is 0 Å². The molecule has 2 fully saturated rings. The number of nitrogens with zero attached hydrogens (tertiary/aromatic N) is 3. The molecule has 3 rings (SSSR count). The molecule has 1 aliphatic carbocycles. The zero-order valence-corrected chi connectivity index (χ0v) is 14.7. The molecule has 2 atom stereocenters. The molecule has 0 N–H and O–H groups in total. The first-order valence-electron chi connectivity index (χ1n) is 7.95. The van der Waals surface area contributed by atoms with Crippen molar-refractivity contribution in [1.29, 1.82) is 0 Å². The van der Waals surface area contributed by atoms with Crippen LogP contribution in [0.3, 0.4) is 0 Å². The molecule has 0 radical (unpaired) electrons. The van der Waals surface area contributed by atoms with Gasteiger partial charge in [-0.15, -0.1) is 0 Å². The van der Waals surface area contributed by atoms with Gasteiger partial charge in [-0.05, 0) is 31.4 Å². The van der Waals surface area contributed by atoms with Gasteiger partial charge in [0.05, 0.1) is 24.9 Å². The summed E-state index contributed by atoms with van der Waals surface area (Å²) >= 11 is 4.05. The lowest BCUT2D eigenvalue weighted by Gasteiger charge is -2.35. The van der Waals surface area contributed by atoms with Crippen molar-refractivity contribution in [3.8, 4) is 0 Å². The van der Waals surface area contributed by atoms with E-state index >= 15 is 0 Å². The summed E-state index contributed by atoms with van der Waals surface area (Å²) in [7, 11) is 0. The molecule has 0 spiro atoms. The summed E-state index contributed by atoms with van der Waals surface area (Å²) in [6.07, 6.45) is 3.68. The van der Waals surface area contributed by atoms with E-state index in [1.165, 1.54) is 0 Å². The zero-order chi connectivity index (χ0) is 16.4. The predicted octanol–water partition coefficient (Wildman–Crippen LogP) is 2.05. The van der Waals surface area contributed by atoms with Crippen LogP contribution in [0.2, 0.25) is 5.28 Å². The second-order valence-electron chi connectivity index (χ2n) is 6.43. The molecule has 2 heterocycles. The number of hydrogen-bond acceptors (Lipinski definition) is 6. The number of rotatable bonds is 4. The molecular weight excluding hydrogens is 338 g/mol. The van der Waals surface area contributed by atoms with Gasteiger partial charge in [0.2, 0.25) is 5.28 Å². The van der Waals surface area contributed by atoms with Crippen molar-refractivity contribution >= 4 is 28.5 Å². The SMILES string of the molecule is C[C@H]1COCCN1c1cc(C2(CS(=O)[O-])CCCC2)nc(Cl)n1. The van der Waals surface area contributed by atoms with Crippen LogP contribution >= 0.6 is 11.6 Å². The minimum atomic E-state index is -2.11. The van der Waals surface area contributed by atoms with E-state index in [4.69, 9.17) is 16.3 Å². The van der Waals surface area contributed by atoms with Gasteiger partial charge in [-0.1, -0.05) is 23.9 Å². The van der Waals surface area contributed by atoms with Crippen LogP contribution in [-0.2, 0) is 21.2 Å². The van der Waals surface area contributed by atoms with E-state index in [-0.39, 0.29) is 17.1 Å². The molecule has 1 saturated heterocycles. The van der Waals surface area contributed by atoms with Crippen molar-refractivity contribution in [2.45, 2.75) is 44.1 Å². The van der Waals surface area contributed by atoms with E-state index in [0.717, 1.165) is 43.7 Å². The van der Waals surface area contributed by atoms with E-state index in [0.29, 0.717) is 13.2 Å². The van der Waals surface area contributed by atoms with Crippen LogP contribution in [0, 0.1) is 0 Å². The number of morpholine rings is 1. The zero-order valence-electron chi connectivity index (χ0n) is 13.2. The van der Waals surface area contributed by atoms with Gasteiger partial charge in [0.1, 0.15) is 5.82 Å². The lowest BCUT2D eigenvalue weighted by atomic mass is 9.84. The van der Waals surface area contributed by atoms with Gasteiger partial charge in [-0.2, -0.15) is 0 Å². The first-order chi connectivity index (χ1) is 11.0. The van der Waals surface area contributed by atoms with Gasteiger partial charge in [0, 0.05) is 23.8 Å². The average Bonchev–Trinajstić information content (AvgIpc) is 2.96. The van der Waals surface area contributed by atoms with Crippen LogP contribution in [0.4, 0.5) is 5.82 Å². The molecule has 0 amide bonds. The Morgan fingerprint density at radius 3 is 2.87 bits per heavy atom. The number of aromatic nitrogens is 2. The van der Waals surface area contributed by atoms with Crippen molar-refractivity contribution < 1.29 is 13.5 Å². The largest absolute Gasteiger partial charge is 0.772 e. The van der Waals surface area contributed by atoms with E-state index in [9.17, 15) is 8.76 Å². The molecule has 8 heteroatoms. The van der Waals surface area contributed by atoms with Gasteiger partial charge in [-0.25, -0.2) is 9.97 Å². The average molecular weight is 359 g/mol. The Labute approximate surface area is 143 Å². The molecule has 23 heavy (non-hydrogen) atoms. The lowest BCUT2D eigenvalue weighted by molar-refractivity contribution is 0.0985. The van der Waals surface area contributed by atoms with Crippen LogP contribution in [0.5, 0.6) is 0 Å². The Bertz CT molecular complexity index is 595. The third-order valence-electron chi connectivity index (χ3n) is 4.85. The van der Waals surface area contributed by atoms with Crippen molar-refractivity contribution in [1.82, 2.24) is 9.97 Å². The predicted molar refractivity (Wildman–Crippen MR) is 88.6 cm³/mol. The Morgan fingerprint density at radius 1 is 1.48 bits per heavy atom. The topological polar surface area (TPSA) is 78.4 Å². The van der Waals surface area contributed by atoms with Gasteiger partial charge in [0.25, 0.3) is 0 Å². The van der Waals surface area contributed by atoms with Crippen LogP contribution in [0.15, 0.2) is 6.07 Å². The maximum atomic E-state index is 11.4. The van der Waals surface area contributed by atoms with Crippen LogP contribution in [-0.4, -0.2) is 50.3 Å². The Hall–Kier alpha value is -0.760. The second-order valence-corrected chi connectivity index (χ2v) is 7.67. The second kappa shape index (κ2) is 7.01. The Kier molecular flexibility index (Phi) is 5.20. The summed E-state index contributed by atoms with van der Waals surface area (Å²) in [5.41, 5.74) is 0.330. The van der Waals surface area contributed by atoms with Gasteiger partial charge in [-0.3, -0.25) is 4.21 Å². The number of hydrogen-bond donors (Lipinski definition) is 0. The lowest BCUT2D eigenvalue weighted by Crippen LogP contribution is -2.44. The summed E-state index contributed by atoms with van der Waals surface area (Å²) in [4.78, 5) is 10.9. The number of anilines is 1. The normalized spacial score (nSPS) is 25.5. The Balaban J connectivity index is 1.97. The number of halogens is 1. The standard InChI is InChI=1S/C15H22ClN3O3S/c1-11-9-22-7-6-19(11)13-8-12(17-14(16)18-13)15(10-23(20)21)4-2-3-5-15/h8,11H,2-7,9-10H2,1H3,(H,20,21)/p-1/t11-/m0/s1. The fourth-order valence-corrected chi connectivity index (χ4v) is 4.71. The van der Waals surface area contributed by atoms with Crippen LogP contribution < -0.4 is 4.90 Å². The highest BCUT2D eigenvalue weighted by molar-refractivity contribution is 7.79. The van der Waals surface area contributed by atoms with Crippen LogP contribution in [0.1, 0.15) is 38.3 Å². The molecule has 1 unspecified atom stereocenters. The molecule has 0 aromatic carbocycles. The minimum Gasteiger partial charge on any atom is -0.772 e. The van der Waals surface area contributed by atoms with E-state index < -0.39 is 16.5 Å². The first-order valence-corrected chi connectivity index (χ1v) is 9.58. The summed E-state index contributed by atoms with van der Waals surface area (Å²) in [5, 5.41) is 0.180. The molecule has 6 nitrogen and oxygen atoms in total. The van der Waals surface area contributed by atoms with Gasteiger partial charge >= 0.3 is 0 Å². The molecule has 128 valence electrons. The van der Waals surface area contributed by atoms with Crippen molar-refractivity contribution in [2.24, 2.45) is 0 Å². The van der Waals surface area contributed by atoms with Crippen molar-refractivity contribution in [3.05, 3.63) is 17.0 Å². The number of ether oxygens (including phenoxy) is 1. The quantitative estimate of drug-likeness (QED) is 0.605. The maximum absolute atomic E-state index is 11.4. The van der Waals surface area contributed by atoms with E-state index in [2.05, 4.69) is 21.8 Å². The summed E-state index contributed by atoms with van der Waals surface area (Å²) in [5.74, 6) is 0.858. The van der Waals surface area contributed by atoms with Gasteiger partial charge < -0.3 is 14.2 Å². The van der Waals surface area contributed by atoms with E-state index in [1.807, 2.05) is 6.07 Å². The van der Waals surface area contributed by atoms with Gasteiger partial charge in [0.15, 0.2) is 0 Å². The van der Waals surface area contributed by atoms with Crippen molar-refractivity contribution in [2.75, 3.05) is 30.4 Å². The smallest absolute Gasteiger partial charge is 0.224 e. The summed E-state index contributed by atoms with van der Waals surface area (Å²) in [6, 6.07) is 2.13. The monoisotopic (exact) mass is 358 g/mol. The summed E-state index contributed by atoms with van der Waals surface area (Å²) < 4.78 is 28.2. The molecule has 1 aromatic heterocycles. The summed E-state index contributed by atoms with van der Waals surface area (Å²) in [6.45, 7) is 4.12.